The number of benzene rings is 2. The molecule has 28 heavy (non-hydrogen) atoms. The van der Waals surface area contributed by atoms with Gasteiger partial charge in [0, 0.05) is 16.7 Å². The zero-order valence-corrected chi connectivity index (χ0v) is 17.5. The monoisotopic (exact) mass is 419 g/mol. The van der Waals surface area contributed by atoms with Gasteiger partial charge < -0.3 is 10.1 Å². The molecule has 5 nitrogen and oxygen atoms in total. The maximum absolute atomic E-state index is 12.6. The largest absolute Gasteiger partial charge is 0.494 e. The highest BCUT2D eigenvalue weighted by atomic mass is 32.2. The van der Waals surface area contributed by atoms with Gasteiger partial charge in [0.05, 0.1) is 23.7 Å². The van der Waals surface area contributed by atoms with Crippen molar-refractivity contribution in [2.75, 3.05) is 24.7 Å². The van der Waals surface area contributed by atoms with Crippen LogP contribution in [0.3, 0.4) is 0 Å². The molecule has 0 bridgehead atoms. The summed E-state index contributed by atoms with van der Waals surface area (Å²) in [5.74, 6) is 1.11. The van der Waals surface area contributed by atoms with E-state index in [9.17, 15) is 13.2 Å². The van der Waals surface area contributed by atoms with Crippen molar-refractivity contribution in [2.24, 2.45) is 0 Å². The quantitative estimate of drug-likeness (QED) is 0.664. The second-order valence-electron chi connectivity index (χ2n) is 6.91. The molecule has 0 aliphatic carbocycles. The van der Waals surface area contributed by atoms with Crippen LogP contribution in [0.2, 0.25) is 0 Å². The first-order chi connectivity index (χ1) is 13.4. The Hall–Kier alpha value is -1.99. The minimum absolute atomic E-state index is 0.0154. The predicted octanol–water partition coefficient (Wildman–Crippen LogP) is 3.47. The Kier molecular flexibility index (Phi) is 7.02. The average Bonchev–Trinajstić information content (AvgIpc) is 3.00. The number of sulfone groups is 1. The number of thioether (sulfide) groups is 1. The van der Waals surface area contributed by atoms with Gasteiger partial charge >= 0.3 is 0 Å². The van der Waals surface area contributed by atoms with Gasteiger partial charge in [0.15, 0.2) is 9.84 Å². The molecule has 0 saturated carbocycles. The molecule has 1 heterocycles. The smallest absolute Gasteiger partial charge is 0.252 e. The summed E-state index contributed by atoms with van der Waals surface area (Å²) in [6, 6.07) is 15.2. The molecule has 0 aromatic heterocycles. The zero-order valence-electron chi connectivity index (χ0n) is 15.9. The Labute approximate surface area is 170 Å². The van der Waals surface area contributed by atoms with Crippen molar-refractivity contribution in [3.8, 4) is 5.75 Å². The first kappa shape index (κ1) is 20.7. The van der Waals surface area contributed by atoms with Gasteiger partial charge in [-0.1, -0.05) is 24.3 Å². The summed E-state index contributed by atoms with van der Waals surface area (Å²) in [4.78, 5) is 13.4. The molecule has 0 spiro atoms. The maximum atomic E-state index is 12.6. The van der Waals surface area contributed by atoms with Gasteiger partial charge in [-0.25, -0.2) is 8.42 Å². The van der Waals surface area contributed by atoms with E-state index in [-0.39, 0.29) is 22.7 Å². The molecule has 1 N–H and O–H groups in total. The van der Waals surface area contributed by atoms with E-state index in [1.807, 2.05) is 49.4 Å². The van der Waals surface area contributed by atoms with Crippen LogP contribution >= 0.6 is 11.8 Å². The normalized spacial score (nSPS) is 18.0. The van der Waals surface area contributed by atoms with Gasteiger partial charge in [0.1, 0.15) is 5.75 Å². The summed E-state index contributed by atoms with van der Waals surface area (Å²) in [6.07, 6.45) is 1.34. The van der Waals surface area contributed by atoms with Crippen molar-refractivity contribution >= 4 is 27.5 Å². The van der Waals surface area contributed by atoms with E-state index in [4.69, 9.17) is 4.74 Å². The minimum Gasteiger partial charge on any atom is -0.494 e. The second kappa shape index (κ2) is 9.47. The molecule has 0 unspecified atom stereocenters. The number of amides is 1. The SMILES string of the molecule is Cc1cccc(OCCCNC(=O)c2ccccc2S[C@H]2CCS(=O)(=O)C2)c1. The van der Waals surface area contributed by atoms with Crippen molar-refractivity contribution in [3.63, 3.8) is 0 Å². The Bertz CT molecular complexity index is 928. The van der Waals surface area contributed by atoms with Crippen LogP contribution in [0.5, 0.6) is 5.75 Å². The molecular formula is C21H25NO4S2. The van der Waals surface area contributed by atoms with E-state index in [0.717, 1.165) is 16.2 Å². The molecule has 1 aliphatic rings. The fourth-order valence-corrected chi connectivity index (χ4v) is 6.68. The van der Waals surface area contributed by atoms with Crippen LogP contribution in [0.1, 0.15) is 28.8 Å². The Balaban J connectivity index is 1.48. The average molecular weight is 420 g/mol. The highest BCUT2D eigenvalue weighted by Crippen LogP contribution is 2.33. The number of carbonyl (C=O) groups excluding carboxylic acids is 1. The van der Waals surface area contributed by atoms with Crippen LogP contribution in [0.15, 0.2) is 53.4 Å². The molecular weight excluding hydrogens is 394 g/mol. The summed E-state index contributed by atoms with van der Waals surface area (Å²) in [5.41, 5.74) is 1.74. The molecule has 150 valence electrons. The van der Waals surface area contributed by atoms with Crippen LogP contribution < -0.4 is 10.1 Å². The van der Waals surface area contributed by atoms with Crippen LogP contribution in [-0.2, 0) is 9.84 Å². The molecule has 0 radical (unpaired) electrons. The number of nitrogens with one attached hydrogen (secondary N) is 1. The van der Waals surface area contributed by atoms with Crippen LogP contribution in [0, 0.1) is 6.92 Å². The first-order valence-corrected chi connectivity index (χ1v) is 12.1. The van der Waals surface area contributed by atoms with E-state index in [2.05, 4.69) is 5.32 Å². The van der Waals surface area contributed by atoms with E-state index in [1.54, 1.807) is 6.07 Å². The summed E-state index contributed by atoms with van der Waals surface area (Å²) in [7, 11) is -2.93. The van der Waals surface area contributed by atoms with Crippen LogP contribution in [-0.4, -0.2) is 44.2 Å². The molecule has 1 aliphatic heterocycles. The molecule has 1 atom stereocenters. The topological polar surface area (TPSA) is 72.5 Å². The van der Waals surface area contributed by atoms with E-state index in [0.29, 0.717) is 31.6 Å². The Morgan fingerprint density at radius 1 is 1.21 bits per heavy atom. The molecule has 2 aromatic carbocycles. The summed E-state index contributed by atoms with van der Waals surface area (Å²) in [6.45, 7) is 3.06. The lowest BCUT2D eigenvalue weighted by atomic mass is 10.2. The number of aryl methyl sites for hydroxylation is 1. The summed E-state index contributed by atoms with van der Waals surface area (Å²) >= 11 is 1.49. The van der Waals surface area contributed by atoms with Crippen LogP contribution in [0.25, 0.3) is 0 Å². The number of rotatable bonds is 8. The number of hydrogen-bond acceptors (Lipinski definition) is 5. The van der Waals surface area contributed by atoms with E-state index < -0.39 is 9.84 Å². The van der Waals surface area contributed by atoms with Gasteiger partial charge in [-0.05, 0) is 49.6 Å². The van der Waals surface area contributed by atoms with Gasteiger partial charge in [0.25, 0.3) is 5.91 Å². The second-order valence-corrected chi connectivity index (χ2v) is 10.5. The molecule has 7 heteroatoms. The first-order valence-electron chi connectivity index (χ1n) is 9.37. The van der Waals surface area contributed by atoms with Crippen molar-refractivity contribution in [3.05, 3.63) is 59.7 Å². The van der Waals surface area contributed by atoms with Crippen molar-refractivity contribution in [1.29, 1.82) is 0 Å². The highest BCUT2D eigenvalue weighted by Gasteiger charge is 2.29. The van der Waals surface area contributed by atoms with Crippen molar-refractivity contribution in [1.82, 2.24) is 5.32 Å². The third kappa shape index (κ3) is 6.01. The summed E-state index contributed by atoms with van der Waals surface area (Å²) < 4.78 is 29.0. The third-order valence-electron chi connectivity index (χ3n) is 4.48. The van der Waals surface area contributed by atoms with Gasteiger partial charge in [-0.2, -0.15) is 0 Å². The van der Waals surface area contributed by atoms with E-state index in [1.165, 1.54) is 11.8 Å². The van der Waals surface area contributed by atoms with Crippen LogP contribution in [0.4, 0.5) is 0 Å². The minimum atomic E-state index is -2.93. The van der Waals surface area contributed by atoms with Crippen molar-refractivity contribution < 1.29 is 17.9 Å². The van der Waals surface area contributed by atoms with Crippen molar-refractivity contribution in [2.45, 2.75) is 29.9 Å². The van der Waals surface area contributed by atoms with Gasteiger partial charge in [-0.3, -0.25) is 4.79 Å². The van der Waals surface area contributed by atoms with Gasteiger partial charge in [-0.15, -0.1) is 11.8 Å². The Morgan fingerprint density at radius 2 is 2.04 bits per heavy atom. The number of hydrogen-bond donors (Lipinski definition) is 1. The third-order valence-corrected chi connectivity index (χ3v) is 7.81. The zero-order chi connectivity index (χ0) is 20.0. The van der Waals surface area contributed by atoms with E-state index >= 15 is 0 Å². The highest BCUT2D eigenvalue weighted by molar-refractivity contribution is 8.02. The lowest BCUT2D eigenvalue weighted by Crippen LogP contribution is -2.26. The van der Waals surface area contributed by atoms with Gasteiger partial charge in [0.2, 0.25) is 0 Å². The lowest BCUT2D eigenvalue weighted by Gasteiger charge is -2.13. The predicted molar refractivity (Wildman–Crippen MR) is 113 cm³/mol. The summed E-state index contributed by atoms with van der Waals surface area (Å²) in [5, 5.41) is 2.94. The standard InChI is InChI=1S/C21H25NO4S2/c1-16-6-4-7-17(14-16)26-12-5-11-22-21(23)19-8-2-3-9-20(19)27-18-10-13-28(24,25)15-18/h2-4,6-9,14,18H,5,10-13,15H2,1H3,(H,22,23)/t18-/m0/s1. The molecule has 2 aromatic rings. The molecule has 3 rings (SSSR count). The number of carbonyl (C=O) groups is 1. The molecule has 1 amide bonds. The number of ether oxygens (including phenoxy) is 1. The lowest BCUT2D eigenvalue weighted by molar-refractivity contribution is 0.0948. The molecule has 1 fully saturated rings. The maximum Gasteiger partial charge on any atom is 0.252 e. The fourth-order valence-electron chi connectivity index (χ4n) is 3.05. The molecule has 1 saturated heterocycles. The fraction of sp³-hybridized carbons (Fsp3) is 0.381. The Morgan fingerprint density at radius 3 is 2.79 bits per heavy atom.